The Morgan fingerprint density at radius 3 is 2.60 bits per heavy atom. The summed E-state index contributed by atoms with van der Waals surface area (Å²) in [6.45, 7) is 17.1. The SMILES string of the molecule is C=NC=N/C(=C/C(OCCCN1CCC2(CC1)COC2)=C(\C)OC)C(C)COc1ccc(NC(=O)NC(C)C)c(Cl)c1. The van der Waals surface area contributed by atoms with Crippen molar-refractivity contribution in [1.29, 1.82) is 0 Å². The zero-order valence-corrected chi connectivity index (χ0v) is 26.3. The molecule has 2 N–H and O–H groups in total. The van der Waals surface area contributed by atoms with Crippen LogP contribution in [0.3, 0.4) is 0 Å². The molecule has 0 bridgehead atoms. The van der Waals surface area contributed by atoms with E-state index in [9.17, 15) is 4.79 Å². The predicted molar refractivity (Wildman–Crippen MR) is 169 cm³/mol. The molecule has 1 spiro atoms. The van der Waals surface area contributed by atoms with E-state index in [0.29, 0.717) is 52.3 Å². The van der Waals surface area contributed by atoms with Crippen molar-refractivity contribution in [1.82, 2.24) is 10.2 Å². The fourth-order valence-electron chi connectivity index (χ4n) is 4.71. The zero-order chi connectivity index (χ0) is 30.5. The van der Waals surface area contributed by atoms with Gasteiger partial charge in [-0.3, -0.25) is 4.99 Å². The number of carbonyl (C=O) groups excluding carboxylic acids is 1. The van der Waals surface area contributed by atoms with Crippen LogP contribution in [0.1, 0.15) is 47.0 Å². The minimum atomic E-state index is -0.320. The van der Waals surface area contributed by atoms with Crippen LogP contribution >= 0.6 is 11.6 Å². The highest BCUT2D eigenvalue weighted by Crippen LogP contribution is 2.38. The first-order valence-electron chi connectivity index (χ1n) is 14.5. The largest absolute Gasteiger partial charge is 0.498 e. The minimum absolute atomic E-state index is 0.0119. The Balaban J connectivity index is 1.56. The summed E-state index contributed by atoms with van der Waals surface area (Å²) in [4.78, 5) is 22.8. The molecule has 0 saturated carbocycles. The molecule has 2 heterocycles. The Morgan fingerprint density at radius 1 is 1.26 bits per heavy atom. The van der Waals surface area contributed by atoms with Crippen LogP contribution in [0.5, 0.6) is 5.75 Å². The van der Waals surface area contributed by atoms with E-state index < -0.39 is 0 Å². The van der Waals surface area contributed by atoms with E-state index in [1.54, 1.807) is 25.3 Å². The van der Waals surface area contributed by atoms with Crippen molar-refractivity contribution in [2.24, 2.45) is 21.3 Å². The lowest BCUT2D eigenvalue weighted by Crippen LogP contribution is -2.51. The van der Waals surface area contributed by atoms with E-state index in [0.717, 1.165) is 39.3 Å². The highest BCUT2D eigenvalue weighted by molar-refractivity contribution is 6.33. The number of allylic oxidation sites excluding steroid dienone is 2. The molecule has 0 aromatic heterocycles. The number of halogens is 1. The first-order valence-corrected chi connectivity index (χ1v) is 14.9. The molecule has 11 heteroatoms. The summed E-state index contributed by atoms with van der Waals surface area (Å²) >= 11 is 6.39. The lowest BCUT2D eigenvalue weighted by atomic mass is 9.77. The molecular formula is C31H46ClN5O5. The number of nitrogens with one attached hydrogen (secondary N) is 2. The van der Waals surface area contributed by atoms with Gasteiger partial charge in [-0.05, 0) is 72.0 Å². The fourth-order valence-corrected chi connectivity index (χ4v) is 4.93. The molecular weight excluding hydrogens is 558 g/mol. The van der Waals surface area contributed by atoms with Crippen molar-refractivity contribution < 1.29 is 23.7 Å². The van der Waals surface area contributed by atoms with Gasteiger partial charge < -0.3 is 34.5 Å². The van der Waals surface area contributed by atoms with Gasteiger partial charge in [0.15, 0.2) is 5.76 Å². The van der Waals surface area contributed by atoms with Crippen LogP contribution in [0.15, 0.2) is 51.5 Å². The van der Waals surface area contributed by atoms with E-state index in [1.807, 2.05) is 33.8 Å². The Hall–Kier alpha value is -3.08. The molecule has 2 aliphatic heterocycles. The number of aliphatic imine (C=N–C) groups is 2. The average molecular weight is 604 g/mol. The maximum absolute atomic E-state index is 12.0. The van der Waals surface area contributed by atoms with Crippen LogP contribution in [-0.4, -0.2) is 83.2 Å². The van der Waals surface area contributed by atoms with Crippen LogP contribution < -0.4 is 15.4 Å². The minimum Gasteiger partial charge on any atom is -0.498 e. The number of nitrogens with zero attached hydrogens (tertiary/aromatic N) is 3. The first-order chi connectivity index (χ1) is 20.1. The van der Waals surface area contributed by atoms with Crippen LogP contribution in [0.4, 0.5) is 10.5 Å². The molecule has 1 aromatic carbocycles. The Bertz CT molecular complexity index is 1140. The second-order valence-corrected chi connectivity index (χ2v) is 11.7. The molecule has 1 aromatic rings. The van der Waals surface area contributed by atoms with Gasteiger partial charge in [-0.1, -0.05) is 18.5 Å². The number of ether oxygens (including phenoxy) is 4. The molecule has 2 amide bonds. The summed E-state index contributed by atoms with van der Waals surface area (Å²) in [5.41, 5.74) is 1.64. The lowest BCUT2D eigenvalue weighted by molar-refractivity contribution is -0.139. The van der Waals surface area contributed by atoms with E-state index >= 15 is 0 Å². The number of likely N-dealkylation sites (tertiary alicyclic amines) is 1. The third-order valence-corrected chi connectivity index (χ3v) is 7.76. The van der Waals surface area contributed by atoms with Crippen molar-refractivity contribution in [2.75, 3.05) is 58.5 Å². The molecule has 1 unspecified atom stereocenters. The maximum Gasteiger partial charge on any atom is 0.319 e. The predicted octanol–water partition coefficient (Wildman–Crippen LogP) is 5.89. The van der Waals surface area contributed by atoms with Crippen LogP contribution in [0.2, 0.25) is 5.02 Å². The highest BCUT2D eigenvalue weighted by Gasteiger charge is 2.40. The second kappa shape index (κ2) is 16.5. The fraction of sp³-hybridized carbons (Fsp3) is 0.581. The average Bonchev–Trinajstić information content (AvgIpc) is 2.95. The number of hydrogen-bond acceptors (Lipinski definition) is 7. The molecule has 2 fully saturated rings. The van der Waals surface area contributed by atoms with Gasteiger partial charge in [0.1, 0.15) is 17.8 Å². The third kappa shape index (κ3) is 10.3. The van der Waals surface area contributed by atoms with Gasteiger partial charge in [0.25, 0.3) is 0 Å². The molecule has 10 nitrogen and oxygen atoms in total. The summed E-state index contributed by atoms with van der Waals surface area (Å²) in [7, 11) is 1.62. The van der Waals surface area contributed by atoms with Crippen molar-refractivity contribution in [2.45, 2.75) is 53.0 Å². The number of rotatable bonds is 15. The number of anilines is 1. The summed E-state index contributed by atoms with van der Waals surface area (Å²) in [5, 5.41) is 5.88. The monoisotopic (exact) mass is 603 g/mol. The van der Waals surface area contributed by atoms with Crippen molar-refractivity contribution in [3.63, 3.8) is 0 Å². The number of hydrogen-bond donors (Lipinski definition) is 2. The summed E-state index contributed by atoms with van der Waals surface area (Å²) in [6, 6.07) is 4.83. The van der Waals surface area contributed by atoms with Gasteiger partial charge >= 0.3 is 6.03 Å². The third-order valence-electron chi connectivity index (χ3n) is 7.44. The molecule has 232 valence electrons. The van der Waals surface area contributed by atoms with Gasteiger partial charge in [-0.25, -0.2) is 9.79 Å². The molecule has 2 aliphatic rings. The van der Waals surface area contributed by atoms with Crippen LogP contribution in [0.25, 0.3) is 0 Å². The van der Waals surface area contributed by atoms with Crippen molar-refractivity contribution in [3.05, 3.63) is 46.5 Å². The number of amides is 2. The normalized spacial score (nSPS) is 18.3. The number of methoxy groups -OCH3 is 1. The Kier molecular flexibility index (Phi) is 13.2. The van der Waals surface area contributed by atoms with E-state index in [-0.39, 0.29) is 18.0 Å². The number of benzene rings is 1. The molecule has 42 heavy (non-hydrogen) atoms. The van der Waals surface area contributed by atoms with Gasteiger partial charge in [0, 0.05) is 36.1 Å². The van der Waals surface area contributed by atoms with Gasteiger partial charge in [-0.15, -0.1) is 0 Å². The van der Waals surface area contributed by atoms with E-state index in [4.69, 9.17) is 30.5 Å². The van der Waals surface area contributed by atoms with Crippen molar-refractivity contribution in [3.8, 4) is 5.75 Å². The van der Waals surface area contributed by atoms with Gasteiger partial charge in [0.05, 0.1) is 49.9 Å². The standard InChI is InChI=1S/C31H46ClN5O5/c1-22(2)35-30(38)36-27-9-8-25(16-26(27)32)42-18-23(3)28(34-21-33-5)17-29(24(4)39-6)41-15-7-12-37-13-10-31(11-14-37)19-40-20-31/h8-9,16-17,21-23H,5,7,10-15,18-20H2,1-4,6H3,(H2,35,36,38)/b28-17+,29-24-,34-21?. The summed E-state index contributed by atoms with van der Waals surface area (Å²) < 4.78 is 23.2. The van der Waals surface area contributed by atoms with Gasteiger partial charge in [-0.2, -0.15) is 0 Å². The molecule has 3 rings (SSSR count). The molecule has 2 saturated heterocycles. The Morgan fingerprint density at radius 2 is 2.00 bits per heavy atom. The van der Waals surface area contributed by atoms with Crippen molar-refractivity contribution >= 4 is 36.4 Å². The van der Waals surface area contributed by atoms with E-state index in [1.165, 1.54) is 19.2 Å². The van der Waals surface area contributed by atoms with Crippen LogP contribution in [-0.2, 0) is 14.2 Å². The summed E-state index contributed by atoms with van der Waals surface area (Å²) in [5.74, 6) is 1.71. The quantitative estimate of drug-likeness (QED) is 0.0851. The number of urea groups is 1. The number of piperidine rings is 1. The molecule has 1 atom stereocenters. The number of carbonyl (C=O) groups is 1. The molecule has 0 aliphatic carbocycles. The lowest BCUT2D eigenvalue weighted by Gasteiger charge is -2.47. The Labute approximate surface area is 255 Å². The maximum atomic E-state index is 12.0. The molecule has 0 radical (unpaired) electrons. The highest BCUT2D eigenvalue weighted by atomic mass is 35.5. The van der Waals surface area contributed by atoms with Gasteiger partial charge in [0.2, 0.25) is 0 Å². The second-order valence-electron chi connectivity index (χ2n) is 11.3. The smallest absolute Gasteiger partial charge is 0.319 e. The van der Waals surface area contributed by atoms with Crippen LogP contribution in [0, 0.1) is 11.3 Å². The summed E-state index contributed by atoms with van der Waals surface area (Å²) in [6.07, 6.45) is 6.60. The van der Waals surface area contributed by atoms with E-state index in [2.05, 4.69) is 32.2 Å². The first kappa shape index (κ1) is 33.4. The topological polar surface area (TPSA) is 106 Å². The zero-order valence-electron chi connectivity index (χ0n) is 25.6.